The van der Waals surface area contributed by atoms with Crippen molar-refractivity contribution in [1.29, 1.82) is 0 Å². The molecule has 8 nitrogen and oxygen atoms in total. The summed E-state index contributed by atoms with van der Waals surface area (Å²) in [7, 11) is 0. The molecule has 4 rings (SSSR count). The molecule has 1 aliphatic heterocycles. The van der Waals surface area contributed by atoms with Gasteiger partial charge in [-0.15, -0.1) is 0 Å². The van der Waals surface area contributed by atoms with Crippen LogP contribution in [0.3, 0.4) is 0 Å². The normalized spacial score (nSPS) is 22.8. The average Bonchev–Trinajstić information content (AvgIpc) is 3.38. The van der Waals surface area contributed by atoms with Gasteiger partial charge in [-0.1, -0.05) is 31.0 Å². The minimum atomic E-state index is -0.717. The van der Waals surface area contributed by atoms with E-state index >= 15 is 0 Å². The molecule has 0 aliphatic carbocycles. The Morgan fingerprint density at radius 3 is 2.77 bits per heavy atom. The summed E-state index contributed by atoms with van der Waals surface area (Å²) < 4.78 is 15.6. The maximum absolute atomic E-state index is 6.64. The molecule has 0 saturated carbocycles. The average molecular weight is 375 g/mol. The van der Waals surface area contributed by atoms with Gasteiger partial charge in [-0.25, -0.2) is 19.3 Å². The van der Waals surface area contributed by atoms with Gasteiger partial charge in [0, 0.05) is 10.6 Å². The summed E-state index contributed by atoms with van der Waals surface area (Å²) in [5, 5.41) is 8.93. The standard InChI is InChI=1S/C17H19ClN6O2/c1-2-3-16-25-8-17(26-16,7-23-11-19-9-21-23)14-5-4-13(6-15(14)18)24-12-20-10-22-24/h4-6,9-12,16H,2-3,7-8H2,1H3/t16-,17-/m0/s1. The molecule has 0 radical (unpaired) electrons. The van der Waals surface area contributed by atoms with Crippen LogP contribution in [-0.4, -0.2) is 42.4 Å². The van der Waals surface area contributed by atoms with Gasteiger partial charge in [-0.2, -0.15) is 10.2 Å². The molecule has 3 heterocycles. The highest BCUT2D eigenvalue weighted by Crippen LogP contribution is 2.40. The van der Waals surface area contributed by atoms with Crippen molar-refractivity contribution in [2.45, 2.75) is 38.2 Å². The second kappa shape index (κ2) is 7.14. The first-order valence-electron chi connectivity index (χ1n) is 8.47. The Kier molecular flexibility index (Phi) is 4.71. The van der Waals surface area contributed by atoms with Crippen LogP contribution in [0.2, 0.25) is 5.02 Å². The molecular formula is C17H19ClN6O2. The van der Waals surface area contributed by atoms with E-state index in [0.29, 0.717) is 18.2 Å². The van der Waals surface area contributed by atoms with Crippen molar-refractivity contribution in [1.82, 2.24) is 29.5 Å². The number of ether oxygens (including phenoxy) is 2. The molecule has 0 spiro atoms. The van der Waals surface area contributed by atoms with Crippen LogP contribution >= 0.6 is 11.6 Å². The fraction of sp³-hybridized carbons (Fsp3) is 0.412. The minimum Gasteiger partial charge on any atom is -0.349 e. The summed E-state index contributed by atoms with van der Waals surface area (Å²) in [6.07, 6.45) is 7.82. The van der Waals surface area contributed by atoms with Gasteiger partial charge in [0.25, 0.3) is 0 Å². The highest BCUT2D eigenvalue weighted by atomic mass is 35.5. The molecule has 1 aromatic carbocycles. The van der Waals surface area contributed by atoms with Crippen LogP contribution in [0.4, 0.5) is 0 Å². The molecule has 0 amide bonds. The third kappa shape index (κ3) is 3.23. The molecule has 1 aliphatic rings. The van der Waals surface area contributed by atoms with Crippen molar-refractivity contribution in [3.8, 4) is 5.69 Å². The Morgan fingerprint density at radius 1 is 1.23 bits per heavy atom. The first-order chi connectivity index (χ1) is 12.7. The van der Waals surface area contributed by atoms with Gasteiger partial charge in [0.1, 0.15) is 30.9 Å². The smallest absolute Gasteiger partial charge is 0.159 e. The lowest BCUT2D eigenvalue weighted by atomic mass is 9.94. The summed E-state index contributed by atoms with van der Waals surface area (Å²) in [6.45, 7) is 2.97. The predicted molar refractivity (Wildman–Crippen MR) is 93.8 cm³/mol. The zero-order valence-corrected chi connectivity index (χ0v) is 15.1. The largest absolute Gasteiger partial charge is 0.349 e. The molecular weight excluding hydrogens is 356 g/mol. The summed E-state index contributed by atoms with van der Waals surface area (Å²) in [5.74, 6) is 0. The number of benzene rings is 1. The van der Waals surface area contributed by atoms with E-state index in [4.69, 9.17) is 21.1 Å². The monoisotopic (exact) mass is 374 g/mol. The van der Waals surface area contributed by atoms with Crippen molar-refractivity contribution in [2.24, 2.45) is 0 Å². The van der Waals surface area contributed by atoms with Gasteiger partial charge in [0.2, 0.25) is 0 Å². The van der Waals surface area contributed by atoms with Crippen molar-refractivity contribution < 1.29 is 9.47 Å². The van der Waals surface area contributed by atoms with E-state index in [1.807, 2.05) is 18.2 Å². The van der Waals surface area contributed by atoms with Gasteiger partial charge in [0.15, 0.2) is 6.29 Å². The van der Waals surface area contributed by atoms with Crippen LogP contribution in [0.1, 0.15) is 25.3 Å². The van der Waals surface area contributed by atoms with E-state index in [0.717, 1.165) is 24.1 Å². The van der Waals surface area contributed by atoms with Gasteiger partial charge in [-0.3, -0.25) is 0 Å². The summed E-state index contributed by atoms with van der Waals surface area (Å²) in [6, 6.07) is 5.74. The van der Waals surface area contributed by atoms with Gasteiger partial charge in [-0.05, 0) is 18.6 Å². The highest BCUT2D eigenvalue weighted by molar-refractivity contribution is 6.31. The lowest BCUT2D eigenvalue weighted by molar-refractivity contribution is -0.102. The topological polar surface area (TPSA) is 79.9 Å². The zero-order valence-electron chi connectivity index (χ0n) is 14.3. The Balaban J connectivity index is 1.70. The fourth-order valence-corrected chi connectivity index (χ4v) is 3.52. The Hall–Kier alpha value is -2.29. The molecule has 0 N–H and O–H groups in total. The molecule has 2 aromatic heterocycles. The Labute approximate surface area is 155 Å². The Bertz CT molecular complexity index is 854. The first kappa shape index (κ1) is 17.1. The van der Waals surface area contributed by atoms with Gasteiger partial charge in [0.05, 0.1) is 18.8 Å². The van der Waals surface area contributed by atoms with Crippen molar-refractivity contribution in [3.05, 3.63) is 54.1 Å². The van der Waals surface area contributed by atoms with E-state index in [9.17, 15) is 0 Å². The van der Waals surface area contributed by atoms with E-state index < -0.39 is 5.60 Å². The molecule has 9 heteroatoms. The van der Waals surface area contributed by atoms with Crippen LogP contribution in [0, 0.1) is 0 Å². The number of nitrogens with zero attached hydrogens (tertiary/aromatic N) is 6. The van der Waals surface area contributed by atoms with Crippen molar-refractivity contribution in [2.75, 3.05) is 6.61 Å². The van der Waals surface area contributed by atoms with Crippen LogP contribution in [0.15, 0.2) is 43.5 Å². The van der Waals surface area contributed by atoms with Gasteiger partial charge < -0.3 is 9.47 Å². The van der Waals surface area contributed by atoms with Crippen LogP contribution in [0.5, 0.6) is 0 Å². The quantitative estimate of drug-likeness (QED) is 0.659. The van der Waals surface area contributed by atoms with Crippen LogP contribution < -0.4 is 0 Å². The molecule has 0 unspecified atom stereocenters. The van der Waals surface area contributed by atoms with Crippen LogP contribution in [0.25, 0.3) is 5.69 Å². The molecule has 3 aromatic rings. The summed E-state index contributed by atoms with van der Waals surface area (Å²) >= 11 is 6.64. The van der Waals surface area contributed by atoms with Crippen LogP contribution in [-0.2, 0) is 21.6 Å². The molecule has 1 fully saturated rings. The molecule has 2 atom stereocenters. The number of halogens is 1. The maximum atomic E-state index is 6.64. The van der Waals surface area contributed by atoms with E-state index in [1.54, 1.807) is 22.0 Å². The second-order valence-corrected chi connectivity index (χ2v) is 6.65. The van der Waals surface area contributed by atoms with E-state index in [2.05, 4.69) is 27.1 Å². The molecule has 26 heavy (non-hydrogen) atoms. The molecule has 0 bridgehead atoms. The lowest BCUT2D eigenvalue weighted by Gasteiger charge is -2.29. The highest BCUT2D eigenvalue weighted by Gasteiger charge is 2.44. The fourth-order valence-electron chi connectivity index (χ4n) is 3.17. The minimum absolute atomic E-state index is 0.255. The van der Waals surface area contributed by atoms with E-state index in [1.165, 1.54) is 12.7 Å². The van der Waals surface area contributed by atoms with Crippen molar-refractivity contribution in [3.63, 3.8) is 0 Å². The number of hydrogen-bond donors (Lipinski definition) is 0. The summed E-state index contributed by atoms with van der Waals surface area (Å²) in [4.78, 5) is 7.99. The third-order valence-electron chi connectivity index (χ3n) is 4.39. The summed E-state index contributed by atoms with van der Waals surface area (Å²) in [5.41, 5.74) is 0.972. The number of aromatic nitrogens is 6. The maximum Gasteiger partial charge on any atom is 0.159 e. The van der Waals surface area contributed by atoms with Crippen molar-refractivity contribution >= 4 is 11.6 Å². The van der Waals surface area contributed by atoms with E-state index in [-0.39, 0.29) is 6.29 Å². The second-order valence-electron chi connectivity index (χ2n) is 6.24. The van der Waals surface area contributed by atoms with Gasteiger partial charge >= 0.3 is 0 Å². The molecule has 1 saturated heterocycles. The zero-order chi connectivity index (χ0) is 18.0. The SMILES string of the molecule is CCC[C@H]1OC[C@@](Cn2cncn2)(c2ccc(-n3cncn3)cc2Cl)O1. The third-order valence-corrected chi connectivity index (χ3v) is 4.71. The molecule has 136 valence electrons. The number of rotatable bonds is 6. The first-order valence-corrected chi connectivity index (χ1v) is 8.85. The Morgan fingerprint density at radius 2 is 2.08 bits per heavy atom. The number of hydrogen-bond acceptors (Lipinski definition) is 6. The predicted octanol–water partition coefficient (Wildman–Crippen LogP) is 2.58. The lowest BCUT2D eigenvalue weighted by Crippen LogP contribution is -2.35.